The number of benzene rings is 1. The molecule has 2 heterocycles. The topological polar surface area (TPSA) is 145 Å². The van der Waals surface area contributed by atoms with Gasteiger partial charge in [0.05, 0.1) is 23.5 Å². The van der Waals surface area contributed by atoms with E-state index in [1.807, 2.05) is 0 Å². The van der Waals surface area contributed by atoms with E-state index >= 15 is 0 Å². The average molecular weight is 446 g/mol. The Balaban J connectivity index is 1.89. The molecule has 10 heteroatoms. The number of hydrogen-bond donors (Lipinski definition) is 2. The summed E-state index contributed by atoms with van der Waals surface area (Å²) in [5, 5.41) is 9.98. The summed E-state index contributed by atoms with van der Waals surface area (Å²) in [6.45, 7) is 5.90. The van der Waals surface area contributed by atoms with Crippen LogP contribution >= 0.6 is 0 Å². The number of rotatable bonds is 6. The van der Waals surface area contributed by atoms with Crippen LogP contribution in [0.3, 0.4) is 0 Å². The Hall–Kier alpha value is -3.40. The van der Waals surface area contributed by atoms with E-state index in [0.29, 0.717) is 11.1 Å². The van der Waals surface area contributed by atoms with Crippen molar-refractivity contribution >= 4 is 29.5 Å². The van der Waals surface area contributed by atoms with Crippen LogP contribution in [0.5, 0.6) is 5.75 Å². The molecule has 32 heavy (non-hydrogen) atoms. The average Bonchev–Trinajstić information content (AvgIpc) is 3.01. The molecule has 0 aliphatic carbocycles. The Labute approximate surface area is 184 Å². The molecule has 1 fully saturated rings. The van der Waals surface area contributed by atoms with E-state index in [2.05, 4.69) is 0 Å². The van der Waals surface area contributed by atoms with Gasteiger partial charge < -0.3 is 30.0 Å². The third kappa shape index (κ3) is 4.45. The van der Waals surface area contributed by atoms with Crippen LogP contribution < -0.4 is 10.5 Å². The van der Waals surface area contributed by atoms with Gasteiger partial charge in [-0.2, -0.15) is 0 Å². The zero-order valence-electron chi connectivity index (χ0n) is 18.3. The summed E-state index contributed by atoms with van der Waals surface area (Å²) in [4.78, 5) is 49.8. The van der Waals surface area contributed by atoms with Crippen LogP contribution in [-0.4, -0.2) is 52.9 Å². The third-order valence-electron chi connectivity index (χ3n) is 5.32. The first-order chi connectivity index (χ1) is 14.9. The van der Waals surface area contributed by atoms with Crippen LogP contribution in [-0.2, 0) is 23.9 Å². The van der Waals surface area contributed by atoms with Crippen molar-refractivity contribution in [3.05, 3.63) is 35.5 Å². The van der Waals surface area contributed by atoms with Gasteiger partial charge in [0, 0.05) is 0 Å². The van der Waals surface area contributed by atoms with Crippen LogP contribution in [0.1, 0.15) is 39.7 Å². The smallest absolute Gasteiger partial charge is 0.409 e. The van der Waals surface area contributed by atoms with E-state index in [0.717, 1.165) is 0 Å². The van der Waals surface area contributed by atoms with Gasteiger partial charge in [0.25, 0.3) is 0 Å². The van der Waals surface area contributed by atoms with E-state index in [9.17, 15) is 24.3 Å². The lowest BCUT2D eigenvalue weighted by atomic mass is 9.82. The number of primary amides is 1. The largest absolute Gasteiger partial charge is 0.427 e. The summed E-state index contributed by atoms with van der Waals surface area (Å²) in [6, 6.07) is 5.91. The molecule has 0 unspecified atom stereocenters. The van der Waals surface area contributed by atoms with Crippen LogP contribution in [0, 0.1) is 11.3 Å². The van der Waals surface area contributed by atoms with Crippen LogP contribution in [0.2, 0.25) is 0 Å². The highest BCUT2D eigenvalue weighted by Gasteiger charge is 2.57. The van der Waals surface area contributed by atoms with Crippen molar-refractivity contribution < 1.29 is 38.5 Å². The summed E-state index contributed by atoms with van der Waals surface area (Å²) >= 11 is 0. The summed E-state index contributed by atoms with van der Waals surface area (Å²) in [6.07, 6.45) is -1.60. The standard InChI is InChI=1S/C22H26N2O8/c1-11(25)16-15-9-14(12-6-5-7-13(8-12)32-21(23)29)17(24(15)18(16)26)19(27)30-10-31-20(28)22(2,3)4/h5-8,11,15-16,25H,9-10H2,1-4H3,(H2,23,29)/t11-,15-,16-/m1/s1. The normalized spacial score (nSPS) is 20.9. The zero-order chi connectivity index (χ0) is 23.8. The van der Waals surface area contributed by atoms with Crippen molar-refractivity contribution in [2.75, 3.05) is 6.79 Å². The molecule has 10 nitrogen and oxygen atoms in total. The predicted molar refractivity (Wildman–Crippen MR) is 111 cm³/mol. The Morgan fingerprint density at radius 2 is 1.94 bits per heavy atom. The second-order valence-electron chi connectivity index (χ2n) is 8.75. The Morgan fingerprint density at radius 1 is 1.25 bits per heavy atom. The fourth-order valence-corrected chi connectivity index (χ4v) is 3.80. The molecule has 1 aromatic carbocycles. The maximum atomic E-state index is 12.9. The van der Waals surface area contributed by atoms with Gasteiger partial charge in [-0.05, 0) is 57.4 Å². The highest BCUT2D eigenvalue weighted by atomic mass is 16.7. The van der Waals surface area contributed by atoms with Gasteiger partial charge in [0.1, 0.15) is 11.4 Å². The number of hydrogen-bond acceptors (Lipinski definition) is 8. The first-order valence-electron chi connectivity index (χ1n) is 10.1. The Bertz CT molecular complexity index is 992. The van der Waals surface area contributed by atoms with Gasteiger partial charge in [0.2, 0.25) is 12.7 Å². The number of amides is 2. The zero-order valence-corrected chi connectivity index (χ0v) is 18.3. The molecule has 0 bridgehead atoms. The van der Waals surface area contributed by atoms with Crippen molar-refractivity contribution in [3.63, 3.8) is 0 Å². The van der Waals surface area contributed by atoms with E-state index in [1.54, 1.807) is 32.9 Å². The third-order valence-corrected chi connectivity index (χ3v) is 5.32. The number of nitrogens with zero attached hydrogens (tertiary/aromatic N) is 1. The van der Waals surface area contributed by atoms with Crippen molar-refractivity contribution in [2.45, 2.75) is 46.3 Å². The van der Waals surface area contributed by atoms with Crippen molar-refractivity contribution in [2.24, 2.45) is 17.1 Å². The van der Waals surface area contributed by atoms with Crippen LogP contribution in [0.25, 0.3) is 5.57 Å². The molecular weight excluding hydrogens is 420 g/mol. The number of carbonyl (C=O) groups excluding carboxylic acids is 4. The molecule has 0 spiro atoms. The predicted octanol–water partition coefficient (Wildman–Crippen LogP) is 1.56. The number of aliphatic hydroxyl groups is 1. The van der Waals surface area contributed by atoms with E-state index in [1.165, 1.54) is 24.0 Å². The Morgan fingerprint density at radius 3 is 2.53 bits per heavy atom. The summed E-state index contributed by atoms with van der Waals surface area (Å²) in [7, 11) is 0. The van der Waals surface area contributed by atoms with Gasteiger partial charge in [-0.25, -0.2) is 9.59 Å². The fraction of sp³-hybridized carbons (Fsp3) is 0.455. The number of ether oxygens (including phenoxy) is 3. The second kappa shape index (κ2) is 8.62. The number of esters is 2. The molecule has 1 saturated heterocycles. The first kappa shape index (κ1) is 23.3. The van der Waals surface area contributed by atoms with Crippen LogP contribution in [0.15, 0.2) is 30.0 Å². The number of aliphatic hydroxyl groups excluding tert-OH is 1. The lowest BCUT2D eigenvalue weighted by Crippen LogP contribution is -2.61. The molecule has 3 rings (SSSR count). The molecule has 3 N–H and O–H groups in total. The molecule has 0 saturated carbocycles. The highest BCUT2D eigenvalue weighted by molar-refractivity contribution is 6.06. The summed E-state index contributed by atoms with van der Waals surface area (Å²) < 4.78 is 15.0. The molecule has 2 aliphatic rings. The minimum absolute atomic E-state index is 0.0000624. The molecular formula is C22H26N2O8. The maximum Gasteiger partial charge on any atom is 0.409 e. The quantitative estimate of drug-likeness (QED) is 0.380. The van der Waals surface area contributed by atoms with E-state index < -0.39 is 54.2 Å². The number of fused-ring (bicyclic) bond motifs is 1. The molecule has 1 aromatic rings. The van der Waals surface area contributed by atoms with Crippen molar-refractivity contribution in [3.8, 4) is 5.75 Å². The lowest BCUT2D eigenvalue weighted by Gasteiger charge is -2.44. The van der Waals surface area contributed by atoms with Gasteiger partial charge in [0.15, 0.2) is 0 Å². The minimum atomic E-state index is -0.990. The monoisotopic (exact) mass is 446 g/mol. The number of β-lactam (4-membered cyclic amide) rings is 1. The number of carbonyl (C=O) groups is 4. The molecule has 0 radical (unpaired) electrons. The van der Waals surface area contributed by atoms with Crippen molar-refractivity contribution in [1.82, 2.24) is 4.90 Å². The molecule has 172 valence electrons. The van der Waals surface area contributed by atoms with Crippen molar-refractivity contribution in [1.29, 1.82) is 0 Å². The number of nitrogens with two attached hydrogens (primary N) is 1. The van der Waals surface area contributed by atoms with E-state index in [-0.39, 0.29) is 17.9 Å². The molecule has 0 aromatic heterocycles. The van der Waals surface area contributed by atoms with Crippen LogP contribution in [0.4, 0.5) is 4.79 Å². The molecule has 3 atom stereocenters. The summed E-state index contributed by atoms with van der Waals surface area (Å²) in [5.41, 5.74) is 5.30. The minimum Gasteiger partial charge on any atom is -0.427 e. The van der Waals surface area contributed by atoms with Gasteiger partial charge in [-0.1, -0.05) is 12.1 Å². The summed E-state index contributed by atoms with van der Waals surface area (Å²) in [5.74, 6) is -2.28. The Kier molecular flexibility index (Phi) is 6.27. The maximum absolute atomic E-state index is 12.9. The molecule has 2 amide bonds. The first-order valence-corrected chi connectivity index (χ1v) is 10.1. The SMILES string of the molecule is C[C@@H](O)[C@H]1C(=O)N2C(C(=O)OCOC(=O)C(C)(C)C)=C(c3cccc(OC(N)=O)c3)C[C@H]12. The lowest BCUT2D eigenvalue weighted by molar-refractivity contribution is -0.175. The van der Waals surface area contributed by atoms with E-state index in [4.69, 9.17) is 19.9 Å². The molecule has 2 aliphatic heterocycles. The van der Waals surface area contributed by atoms with Gasteiger partial charge in [-0.15, -0.1) is 0 Å². The highest BCUT2D eigenvalue weighted by Crippen LogP contribution is 2.47. The second-order valence-corrected chi connectivity index (χ2v) is 8.75. The van der Waals surface area contributed by atoms with Gasteiger partial charge in [-0.3, -0.25) is 9.59 Å². The van der Waals surface area contributed by atoms with Gasteiger partial charge >= 0.3 is 18.0 Å². The fourth-order valence-electron chi connectivity index (χ4n) is 3.80.